The van der Waals surface area contributed by atoms with Gasteiger partial charge in [-0.2, -0.15) is 13.2 Å². The van der Waals surface area contributed by atoms with E-state index in [9.17, 15) is 26.4 Å². The molecule has 11 heteroatoms. The first-order chi connectivity index (χ1) is 11.0. The average molecular weight is 401 g/mol. The lowest BCUT2D eigenvalue weighted by molar-refractivity contribution is -0.137. The van der Waals surface area contributed by atoms with Gasteiger partial charge in [0.05, 0.1) is 33.1 Å². The smallest absolute Gasteiger partial charge is 0.296 e. The van der Waals surface area contributed by atoms with Gasteiger partial charge in [-0.25, -0.2) is 8.42 Å². The molecule has 1 heterocycles. The summed E-state index contributed by atoms with van der Waals surface area (Å²) in [6.07, 6.45) is -3.25. The fourth-order valence-electron chi connectivity index (χ4n) is 1.87. The van der Waals surface area contributed by atoms with Crippen LogP contribution in [0, 0.1) is 0 Å². The van der Waals surface area contributed by atoms with Crippen LogP contribution in [0.4, 0.5) is 13.2 Å². The number of rotatable bonds is 4. The number of aldehydes is 1. The lowest BCUT2D eigenvalue weighted by Gasteiger charge is -2.17. The van der Waals surface area contributed by atoms with Gasteiger partial charge >= 0.3 is 6.18 Å². The van der Waals surface area contributed by atoms with E-state index in [1.165, 1.54) is 6.08 Å². The molecule has 0 saturated carbocycles. The van der Waals surface area contributed by atoms with E-state index in [0.29, 0.717) is 12.4 Å². The third-order valence-corrected chi connectivity index (χ3v) is 4.93. The van der Waals surface area contributed by atoms with Gasteiger partial charge in [-0.3, -0.25) is 14.5 Å². The summed E-state index contributed by atoms with van der Waals surface area (Å²) in [5.74, 6) is 0. The molecule has 1 aliphatic rings. The molecule has 1 aliphatic heterocycles. The van der Waals surface area contributed by atoms with Gasteiger partial charge in [0.2, 0.25) is 0 Å². The predicted molar refractivity (Wildman–Crippen MR) is 82.9 cm³/mol. The Labute approximate surface area is 145 Å². The average Bonchev–Trinajstić information content (AvgIpc) is 2.46. The fraction of sp³-hybridized carbons (Fsp3) is 0.231. The summed E-state index contributed by atoms with van der Waals surface area (Å²) in [5.41, 5.74) is -1.68. The molecule has 0 aliphatic carbocycles. The largest absolute Gasteiger partial charge is 0.417 e. The molecular formula is C13H9Cl2F3N2O3S. The van der Waals surface area contributed by atoms with Crippen molar-refractivity contribution in [3.8, 4) is 0 Å². The summed E-state index contributed by atoms with van der Waals surface area (Å²) < 4.78 is 65.1. The van der Waals surface area contributed by atoms with Crippen molar-refractivity contribution in [2.45, 2.75) is 16.4 Å². The Hall–Kier alpha value is -1.58. The molecule has 0 amide bonds. The van der Waals surface area contributed by atoms with Crippen LogP contribution in [0.15, 0.2) is 39.9 Å². The van der Waals surface area contributed by atoms with E-state index in [1.807, 2.05) is 4.72 Å². The maximum atomic E-state index is 12.8. The van der Waals surface area contributed by atoms with Gasteiger partial charge in [0.15, 0.2) is 6.29 Å². The lowest BCUT2D eigenvalue weighted by atomic mass is 10.2. The first-order valence-electron chi connectivity index (χ1n) is 6.30. The van der Waals surface area contributed by atoms with E-state index >= 15 is 0 Å². The molecule has 0 bridgehead atoms. The van der Waals surface area contributed by atoms with Crippen molar-refractivity contribution < 1.29 is 26.4 Å². The highest BCUT2D eigenvalue weighted by Crippen LogP contribution is 2.36. The maximum Gasteiger partial charge on any atom is 0.417 e. The molecule has 1 N–H and O–H groups in total. The number of dihydropyridines is 1. The Bertz CT molecular complexity index is 835. The highest BCUT2D eigenvalue weighted by molar-refractivity contribution is 7.89. The van der Waals surface area contributed by atoms with E-state index in [2.05, 4.69) is 4.99 Å². The number of hydrogen-bond donors (Lipinski definition) is 1. The van der Waals surface area contributed by atoms with Crippen LogP contribution < -0.4 is 4.72 Å². The van der Waals surface area contributed by atoms with Crippen molar-refractivity contribution in [3.05, 3.63) is 40.6 Å². The van der Waals surface area contributed by atoms with Crippen LogP contribution in [0.5, 0.6) is 0 Å². The summed E-state index contributed by atoms with van der Waals surface area (Å²) in [6.45, 7) is 0.0834. The number of nitrogens with zero attached hydrogens (tertiary/aromatic N) is 1. The number of alkyl halides is 4. The second-order valence-corrected chi connectivity index (χ2v) is 7.34. The third kappa shape index (κ3) is 4.08. The molecule has 130 valence electrons. The number of hydrogen-bond acceptors (Lipinski definition) is 4. The van der Waals surface area contributed by atoms with E-state index in [0.717, 1.165) is 12.1 Å². The highest BCUT2D eigenvalue weighted by atomic mass is 35.5. The van der Waals surface area contributed by atoms with Crippen LogP contribution in [-0.2, 0) is 21.0 Å². The number of carbonyl (C=O) groups is 1. The van der Waals surface area contributed by atoms with Gasteiger partial charge in [0.1, 0.15) is 5.71 Å². The molecule has 0 spiro atoms. The van der Waals surface area contributed by atoms with E-state index in [-0.39, 0.29) is 18.0 Å². The molecule has 1 aromatic carbocycles. The van der Waals surface area contributed by atoms with Gasteiger partial charge in [-0.15, -0.1) is 11.6 Å². The molecule has 1 aromatic rings. The van der Waals surface area contributed by atoms with Crippen molar-refractivity contribution >= 4 is 45.2 Å². The van der Waals surface area contributed by atoms with Crippen molar-refractivity contribution in [1.82, 2.24) is 4.72 Å². The summed E-state index contributed by atoms with van der Waals surface area (Å²) in [7, 11) is -4.40. The SMILES string of the molecule is O=CC1=NCC(Cl)C=C1NS(=O)(=O)c1ccc(Cl)c(C(F)(F)F)c1. The summed E-state index contributed by atoms with van der Waals surface area (Å²) in [4.78, 5) is 14.0. The van der Waals surface area contributed by atoms with Gasteiger partial charge in [-0.05, 0) is 24.3 Å². The first kappa shape index (κ1) is 18.8. The van der Waals surface area contributed by atoms with E-state index in [1.54, 1.807) is 0 Å². The third-order valence-electron chi connectivity index (χ3n) is 2.97. The van der Waals surface area contributed by atoms with Crippen LogP contribution >= 0.6 is 23.2 Å². The van der Waals surface area contributed by atoms with Crippen LogP contribution in [-0.4, -0.2) is 32.3 Å². The fourth-order valence-corrected chi connectivity index (χ4v) is 3.39. The Morgan fingerprint density at radius 3 is 2.58 bits per heavy atom. The van der Waals surface area contributed by atoms with Gasteiger partial charge in [0.25, 0.3) is 10.0 Å². The molecule has 0 radical (unpaired) electrons. The quantitative estimate of drug-likeness (QED) is 0.623. The lowest BCUT2D eigenvalue weighted by Crippen LogP contribution is -2.31. The number of benzene rings is 1. The predicted octanol–water partition coefficient (Wildman–Crippen LogP) is 2.78. The molecule has 24 heavy (non-hydrogen) atoms. The van der Waals surface area contributed by atoms with Crippen LogP contribution in [0.1, 0.15) is 5.56 Å². The number of allylic oxidation sites excluding steroid dienone is 1. The number of halogens is 5. The number of nitrogens with one attached hydrogen (secondary N) is 1. The van der Waals surface area contributed by atoms with Crippen molar-refractivity contribution in [3.63, 3.8) is 0 Å². The van der Waals surface area contributed by atoms with Crippen molar-refractivity contribution in [2.24, 2.45) is 4.99 Å². The summed E-state index contributed by atoms with van der Waals surface area (Å²) in [5, 5.41) is -1.28. The minimum absolute atomic E-state index is 0.0834. The van der Waals surface area contributed by atoms with Crippen LogP contribution in [0.25, 0.3) is 0 Å². The van der Waals surface area contributed by atoms with Crippen molar-refractivity contribution in [1.29, 1.82) is 0 Å². The number of sulfonamides is 1. The standard InChI is InChI=1S/C13H9Cl2F3N2O3S/c14-7-3-11(12(6-21)19-5-7)20-24(22,23)8-1-2-10(15)9(4-8)13(16,17)18/h1-4,6-7,20H,5H2. The molecule has 5 nitrogen and oxygen atoms in total. The zero-order valence-corrected chi connectivity index (χ0v) is 14.0. The van der Waals surface area contributed by atoms with Crippen molar-refractivity contribution in [2.75, 3.05) is 6.54 Å². The topological polar surface area (TPSA) is 75.6 Å². The Kier molecular flexibility index (Phi) is 5.26. The highest BCUT2D eigenvalue weighted by Gasteiger charge is 2.34. The van der Waals surface area contributed by atoms with E-state index in [4.69, 9.17) is 23.2 Å². The molecule has 1 atom stereocenters. The molecule has 0 aromatic heterocycles. The number of carbonyl (C=O) groups excluding carboxylic acids is 1. The van der Waals surface area contributed by atoms with Crippen LogP contribution in [0.3, 0.4) is 0 Å². The monoisotopic (exact) mass is 400 g/mol. The number of aliphatic imine (C=N–C) groups is 1. The molecule has 2 rings (SSSR count). The Balaban J connectivity index is 2.41. The molecule has 0 saturated heterocycles. The molecular weight excluding hydrogens is 392 g/mol. The maximum absolute atomic E-state index is 12.8. The normalized spacial score (nSPS) is 18.6. The molecule has 1 unspecified atom stereocenters. The van der Waals surface area contributed by atoms with Gasteiger partial charge in [0, 0.05) is 0 Å². The van der Waals surface area contributed by atoms with Gasteiger partial charge < -0.3 is 0 Å². The summed E-state index contributed by atoms with van der Waals surface area (Å²) >= 11 is 11.3. The second-order valence-electron chi connectivity index (χ2n) is 4.69. The first-order valence-corrected chi connectivity index (χ1v) is 8.60. The molecule has 0 fully saturated rings. The minimum atomic E-state index is -4.82. The Morgan fingerprint density at radius 2 is 2.00 bits per heavy atom. The second kappa shape index (κ2) is 6.73. The summed E-state index contributed by atoms with van der Waals surface area (Å²) in [6, 6.07) is 2.15. The minimum Gasteiger partial charge on any atom is -0.296 e. The van der Waals surface area contributed by atoms with Crippen LogP contribution in [0.2, 0.25) is 5.02 Å². The Morgan fingerprint density at radius 1 is 1.33 bits per heavy atom. The zero-order valence-electron chi connectivity index (χ0n) is 11.6. The van der Waals surface area contributed by atoms with E-state index < -0.39 is 37.1 Å². The van der Waals surface area contributed by atoms with Gasteiger partial charge in [-0.1, -0.05) is 11.6 Å². The zero-order chi connectivity index (χ0) is 18.1.